The molecule has 6 heteroatoms. The third-order valence-corrected chi connectivity index (χ3v) is 3.78. The van der Waals surface area contributed by atoms with E-state index in [2.05, 4.69) is 10.6 Å². The Bertz CT molecular complexity index is 870. The number of nitrogens with one attached hydrogen (secondary N) is 2. The van der Waals surface area contributed by atoms with Crippen molar-refractivity contribution in [2.45, 2.75) is 13.0 Å². The molecule has 0 unspecified atom stereocenters. The summed E-state index contributed by atoms with van der Waals surface area (Å²) in [5.74, 6) is 0.343. The lowest BCUT2D eigenvalue weighted by Gasteiger charge is -2.07. The molecule has 0 aliphatic heterocycles. The van der Waals surface area contributed by atoms with Crippen molar-refractivity contribution in [1.29, 1.82) is 0 Å². The quantitative estimate of drug-likeness (QED) is 0.596. The summed E-state index contributed by atoms with van der Waals surface area (Å²) >= 11 is 0. The maximum absolute atomic E-state index is 12.1. The molecule has 1 heterocycles. The highest BCUT2D eigenvalue weighted by molar-refractivity contribution is 5.96. The molecule has 0 aliphatic rings. The van der Waals surface area contributed by atoms with Gasteiger partial charge >= 0.3 is 0 Å². The second kappa shape index (κ2) is 8.02. The van der Waals surface area contributed by atoms with Crippen LogP contribution in [0.2, 0.25) is 0 Å². The molecule has 0 atom stereocenters. The van der Waals surface area contributed by atoms with Crippen molar-refractivity contribution in [2.75, 3.05) is 11.1 Å². The van der Waals surface area contributed by atoms with Gasteiger partial charge in [-0.25, -0.2) is 0 Å². The molecule has 0 radical (unpaired) electrons. The van der Waals surface area contributed by atoms with Gasteiger partial charge in [-0.2, -0.15) is 0 Å². The van der Waals surface area contributed by atoms with Crippen molar-refractivity contribution in [3.05, 3.63) is 83.8 Å². The third-order valence-electron chi connectivity index (χ3n) is 3.78. The predicted octanol–water partition coefficient (Wildman–Crippen LogP) is 2.97. The molecule has 2 aromatic carbocycles. The number of hydrogen-bond donors (Lipinski definition) is 3. The highest BCUT2D eigenvalue weighted by atomic mass is 16.3. The van der Waals surface area contributed by atoms with Crippen LogP contribution in [-0.2, 0) is 17.8 Å². The molecule has 132 valence electrons. The monoisotopic (exact) mass is 349 g/mol. The van der Waals surface area contributed by atoms with Gasteiger partial charge in [0.15, 0.2) is 0 Å². The van der Waals surface area contributed by atoms with E-state index in [4.69, 9.17) is 10.2 Å². The Hall–Kier alpha value is -3.54. The number of nitrogen functional groups attached to an aromatic ring is 1. The summed E-state index contributed by atoms with van der Waals surface area (Å²) in [7, 11) is 0. The Morgan fingerprint density at radius 2 is 1.69 bits per heavy atom. The number of benzene rings is 2. The lowest BCUT2D eigenvalue weighted by molar-refractivity contribution is -0.115. The molecular weight excluding hydrogens is 330 g/mol. The number of anilines is 2. The Morgan fingerprint density at radius 3 is 2.35 bits per heavy atom. The number of furan rings is 1. The van der Waals surface area contributed by atoms with Crippen LogP contribution in [0.3, 0.4) is 0 Å². The normalized spacial score (nSPS) is 10.3. The van der Waals surface area contributed by atoms with Gasteiger partial charge in [-0.05, 0) is 54.1 Å². The van der Waals surface area contributed by atoms with E-state index in [0.717, 1.165) is 5.56 Å². The second-order valence-electron chi connectivity index (χ2n) is 5.81. The van der Waals surface area contributed by atoms with Crippen molar-refractivity contribution >= 4 is 23.2 Å². The first-order valence-electron chi connectivity index (χ1n) is 8.15. The van der Waals surface area contributed by atoms with Gasteiger partial charge in [0, 0.05) is 16.9 Å². The fourth-order valence-electron chi connectivity index (χ4n) is 2.41. The minimum absolute atomic E-state index is 0.134. The summed E-state index contributed by atoms with van der Waals surface area (Å²) in [5.41, 5.74) is 8.31. The lowest BCUT2D eigenvalue weighted by atomic mass is 10.1. The van der Waals surface area contributed by atoms with Gasteiger partial charge in [-0.3, -0.25) is 9.59 Å². The van der Waals surface area contributed by atoms with Crippen LogP contribution in [0.4, 0.5) is 11.4 Å². The van der Waals surface area contributed by atoms with Gasteiger partial charge in [-0.15, -0.1) is 0 Å². The van der Waals surface area contributed by atoms with E-state index in [1.807, 2.05) is 12.1 Å². The van der Waals surface area contributed by atoms with Crippen molar-refractivity contribution in [3.8, 4) is 0 Å². The molecular formula is C20H19N3O3. The number of hydrogen-bond acceptors (Lipinski definition) is 4. The predicted molar refractivity (Wildman–Crippen MR) is 99.5 cm³/mol. The Balaban J connectivity index is 1.52. The van der Waals surface area contributed by atoms with E-state index < -0.39 is 0 Å². The van der Waals surface area contributed by atoms with E-state index in [9.17, 15) is 9.59 Å². The highest BCUT2D eigenvalue weighted by Crippen LogP contribution is 2.12. The van der Waals surface area contributed by atoms with E-state index >= 15 is 0 Å². The first kappa shape index (κ1) is 17.3. The topological polar surface area (TPSA) is 97.4 Å². The average Bonchev–Trinajstić information content (AvgIpc) is 3.16. The van der Waals surface area contributed by atoms with Crippen LogP contribution in [0.5, 0.6) is 0 Å². The van der Waals surface area contributed by atoms with Crippen LogP contribution >= 0.6 is 0 Å². The summed E-state index contributed by atoms with van der Waals surface area (Å²) in [4.78, 5) is 24.2. The van der Waals surface area contributed by atoms with Crippen LogP contribution in [0.15, 0.2) is 71.3 Å². The van der Waals surface area contributed by atoms with Gasteiger partial charge in [0.05, 0.1) is 19.2 Å². The first-order valence-corrected chi connectivity index (χ1v) is 8.15. The van der Waals surface area contributed by atoms with Crippen LogP contribution in [0, 0.1) is 0 Å². The van der Waals surface area contributed by atoms with Crippen molar-refractivity contribution in [1.82, 2.24) is 5.32 Å². The molecule has 0 saturated heterocycles. The maximum atomic E-state index is 12.1. The molecule has 0 spiro atoms. The third kappa shape index (κ3) is 4.73. The van der Waals surface area contributed by atoms with E-state index in [1.165, 1.54) is 0 Å². The smallest absolute Gasteiger partial charge is 0.251 e. The van der Waals surface area contributed by atoms with E-state index in [0.29, 0.717) is 29.2 Å². The highest BCUT2D eigenvalue weighted by Gasteiger charge is 2.08. The minimum atomic E-state index is -0.207. The summed E-state index contributed by atoms with van der Waals surface area (Å²) < 4.78 is 5.17. The average molecular weight is 349 g/mol. The summed E-state index contributed by atoms with van der Waals surface area (Å²) in [6.07, 6.45) is 1.81. The number of amides is 2. The fraction of sp³-hybridized carbons (Fsp3) is 0.100. The minimum Gasteiger partial charge on any atom is -0.467 e. The van der Waals surface area contributed by atoms with Gasteiger partial charge in [-0.1, -0.05) is 12.1 Å². The van der Waals surface area contributed by atoms with Crippen LogP contribution < -0.4 is 16.4 Å². The summed E-state index contributed by atoms with van der Waals surface area (Å²) in [6.45, 7) is 0.325. The Morgan fingerprint density at radius 1 is 0.962 bits per heavy atom. The van der Waals surface area contributed by atoms with Crippen LogP contribution in [-0.4, -0.2) is 11.8 Å². The first-order chi connectivity index (χ1) is 12.6. The molecule has 6 nitrogen and oxygen atoms in total. The van der Waals surface area contributed by atoms with Gasteiger partial charge in [0.2, 0.25) is 5.91 Å². The molecule has 2 amide bonds. The molecule has 3 aromatic rings. The van der Waals surface area contributed by atoms with Crippen molar-refractivity contribution in [3.63, 3.8) is 0 Å². The molecule has 4 N–H and O–H groups in total. The van der Waals surface area contributed by atoms with Crippen LogP contribution in [0.25, 0.3) is 0 Å². The lowest BCUT2D eigenvalue weighted by Crippen LogP contribution is -2.22. The summed E-state index contributed by atoms with van der Waals surface area (Å²) in [5, 5.41) is 5.58. The fourth-order valence-corrected chi connectivity index (χ4v) is 2.41. The maximum Gasteiger partial charge on any atom is 0.251 e. The number of nitrogens with two attached hydrogens (primary N) is 1. The number of carbonyl (C=O) groups excluding carboxylic acids is 2. The standard InChI is InChI=1S/C20H19N3O3/c21-16-7-3-14(4-8-16)12-19(24)23-17-9-5-15(6-10-17)20(25)22-13-18-2-1-11-26-18/h1-11H,12-13,21H2,(H,22,25)(H,23,24). The molecule has 0 bridgehead atoms. The second-order valence-corrected chi connectivity index (χ2v) is 5.81. The van der Waals surface area contributed by atoms with Crippen molar-refractivity contribution in [2.24, 2.45) is 0 Å². The SMILES string of the molecule is Nc1ccc(CC(=O)Nc2ccc(C(=O)NCc3ccco3)cc2)cc1. The largest absolute Gasteiger partial charge is 0.467 e. The molecule has 0 aliphatic carbocycles. The molecule has 26 heavy (non-hydrogen) atoms. The van der Waals surface area contributed by atoms with Gasteiger partial charge < -0.3 is 20.8 Å². The molecule has 0 saturated carbocycles. The van der Waals surface area contributed by atoms with Gasteiger partial charge in [0.25, 0.3) is 5.91 Å². The zero-order chi connectivity index (χ0) is 18.4. The van der Waals surface area contributed by atoms with Crippen molar-refractivity contribution < 1.29 is 14.0 Å². The number of rotatable bonds is 6. The molecule has 0 fully saturated rings. The number of carbonyl (C=O) groups is 2. The van der Waals surface area contributed by atoms with E-state index in [1.54, 1.807) is 54.8 Å². The van der Waals surface area contributed by atoms with Gasteiger partial charge in [0.1, 0.15) is 5.76 Å². The van der Waals surface area contributed by atoms with Crippen LogP contribution in [0.1, 0.15) is 21.7 Å². The zero-order valence-electron chi connectivity index (χ0n) is 14.1. The Kier molecular flexibility index (Phi) is 5.34. The zero-order valence-corrected chi connectivity index (χ0v) is 14.1. The summed E-state index contributed by atoms with van der Waals surface area (Å²) in [6, 6.07) is 17.4. The van der Waals surface area contributed by atoms with E-state index in [-0.39, 0.29) is 18.2 Å². The Labute approximate surface area is 151 Å². The molecule has 3 rings (SSSR count). The molecule has 1 aromatic heterocycles.